The lowest BCUT2D eigenvalue weighted by Gasteiger charge is -2.45. The van der Waals surface area contributed by atoms with Crippen molar-refractivity contribution < 1.29 is 9.47 Å². The van der Waals surface area contributed by atoms with Crippen LogP contribution < -0.4 is 47.2 Å². The van der Waals surface area contributed by atoms with Crippen molar-refractivity contribution in [1.82, 2.24) is 4.57 Å². The summed E-state index contributed by atoms with van der Waals surface area (Å²) in [5.74, 6) is 5.20. The number of nitrogens with zero attached hydrogens (tertiary/aromatic N) is 2. The summed E-state index contributed by atoms with van der Waals surface area (Å²) in [5.41, 5.74) is 27.1. The van der Waals surface area contributed by atoms with Crippen LogP contribution in [0.1, 0.15) is 180 Å². The first-order valence-corrected chi connectivity index (χ1v) is 31.6. The van der Waals surface area contributed by atoms with Crippen molar-refractivity contribution in [2.45, 2.75) is 157 Å². The zero-order valence-corrected chi connectivity index (χ0v) is 52.0. The van der Waals surface area contributed by atoms with Crippen molar-refractivity contribution in [2.24, 2.45) is 0 Å². The van der Waals surface area contributed by atoms with E-state index in [2.05, 4.69) is 264 Å². The van der Waals surface area contributed by atoms with Crippen molar-refractivity contribution in [3.8, 4) is 50.9 Å². The second-order valence-electron chi connectivity index (χ2n) is 27.5. The van der Waals surface area contributed by atoms with Gasteiger partial charge in [0, 0.05) is 38.6 Å². The SMILES string of the molecule is CCC(C)c1ccc(N2c3ccc(C(C)CC)cc3B3c4cc(-c5ccc(C(C)(C)C)cc5)ccc4Oc4c3c2c2c3c4-n4c5ccc(C(C)CC)cc5c5cc(C(C)CC)cc(c54)B3c3cc(-c4ccc(C(C)(C)C)cc4)ccc3O2)cc1. The molecule has 0 saturated carbocycles. The molecule has 6 heteroatoms. The molecule has 1 aromatic heterocycles. The van der Waals surface area contributed by atoms with Gasteiger partial charge in [-0.05, 0) is 186 Å². The normalized spacial score (nSPS) is 15.1. The third kappa shape index (κ3) is 8.38. The molecule has 0 spiro atoms. The summed E-state index contributed by atoms with van der Waals surface area (Å²) in [6.07, 6.45) is 4.24. The van der Waals surface area contributed by atoms with Crippen LogP contribution in [0.15, 0.2) is 158 Å². The Labute approximate surface area is 500 Å². The van der Waals surface area contributed by atoms with Crippen LogP contribution >= 0.6 is 0 Å². The summed E-state index contributed by atoms with van der Waals surface area (Å²) in [5, 5.41) is 2.60. The first kappa shape index (κ1) is 54.3. The van der Waals surface area contributed by atoms with Crippen LogP contribution in [-0.2, 0) is 10.8 Å². The van der Waals surface area contributed by atoms with E-state index in [-0.39, 0.29) is 24.3 Å². The van der Waals surface area contributed by atoms with Crippen LogP contribution in [0, 0.1) is 0 Å². The first-order valence-electron chi connectivity index (χ1n) is 31.6. The van der Waals surface area contributed by atoms with E-state index in [9.17, 15) is 0 Å². The fourth-order valence-corrected chi connectivity index (χ4v) is 14.4. The van der Waals surface area contributed by atoms with Crippen LogP contribution in [0.25, 0.3) is 49.7 Å². The van der Waals surface area contributed by atoms with E-state index in [1.807, 2.05) is 0 Å². The summed E-state index contributed by atoms with van der Waals surface area (Å²) in [7, 11) is 0. The van der Waals surface area contributed by atoms with Crippen molar-refractivity contribution in [1.29, 1.82) is 0 Å². The van der Waals surface area contributed by atoms with Crippen molar-refractivity contribution in [3.05, 3.63) is 191 Å². The molecule has 0 aliphatic carbocycles. The van der Waals surface area contributed by atoms with Crippen LogP contribution in [0.5, 0.6) is 23.0 Å². The summed E-state index contributed by atoms with van der Waals surface area (Å²) in [4.78, 5) is 2.56. The van der Waals surface area contributed by atoms with Gasteiger partial charge in [-0.3, -0.25) is 0 Å². The Morgan fingerprint density at radius 1 is 0.405 bits per heavy atom. The van der Waals surface area contributed by atoms with Gasteiger partial charge >= 0.3 is 0 Å². The number of aromatic nitrogens is 1. The average molecular weight is 1100 g/mol. The largest absolute Gasteiger partial charge is 0.456 e. The Balaban J connectivity index is 1.13. The minimum atomic E-state index is -0.186. The van der Waals surface area contributed by atoms with E-state index in [0.29, 0.717) is 23.7 Å². The Kier molecular flexibility index (Phi) is 12.9. The number of benzene rings is 9. The molecule has 4 atom stereocenters. The molecule has 4 unspecified atom stereocenters. The Bertz CT molecular complexity index is 4290. The predicted octanol–water partition coefficient (Wildman–Crippen LogP) is 18.1. The van der Waals surface area contributed by atoms with Crippen molar-refractivity contribution >= 4 is 85.1 Å². The van der Waals surface area contributed by atoms with Gasteiger partial charge in [-0.1, -0.05) is 206 Å². The second-order valence-corrected chi connectivity index (χ2v) is 27.5. The quantitative estimate of drug-likeness (QED) is 0.121. The average Bonchev–Trinajstić information content (AvgIpc) is 1.13. The van der Waals surface area contributed by atoms with Crippen LogP contribution in [-0.4, -0.2) is 18.0 Å². The van der Waals surface area contributed by atoms with Crippen LogP contribution in [0.2, 0.25) is 0 Å². The lowest BCUT2D eigenvalue weighted by atomic mass is 9.31. The molecule has 10 aromatic rings. The fraction of sp³-hybridized carbons (Fsp3) is 0.308. The van der Waals surface area contributed by atoms with Gasteiger partial charge in [0.25, 0.3) is 13.4 Å². The van der Waals surface area contributed by atoms with Gasteiger partial charge in [-0.2, -0.15) is 0 Å². The van der Waals surface area contributed by atoms with E-state index in [1.165, 1.54) is 105 Å². The highest BCUT2D eigenvalue weighted by Crippen LogP contribution is 2.52. The number of fused-ring (bicyclic) bond motifs is 13. The summed E-state index contributed by atoms with van der Waals surface area (Å²) in [6.45, 7) is 32.1. The molecule has 4 aliphatic rings. The van der Waals surface area contributed by atoms with Crippen molar-refractivity contribution in [2.75, 3.05) is 4.90 Å². The highest BCUT2D eigenvalue weighted by atomic mass is 16.5. The molecule has 0 bridgehead atoms. The third-order valence-corrected chi connectivity index (χ3v) is 20.4. The number of anilines is 3. The van der Waals surface area contributed by atoms with Crippen LogP contribution in [0.3, 0.4) is 0 Å². The molecular weight excluding hydrogens is 1020 g/mol. The zero-order chi connectivity index (χ0) is 58.4. The molecule has 0 fully saturated rings. The first-order chi connectivity index (χ1) is 40.4. The van der Waals surface area contributed by atoms with E-state index in [1.54, 1.807) is 0 Å². The number of rotatable bonds is 11. The second kappa shape index (κ2) is 20.0. The van der Waals surface area contributed by atoms with E-state index < -0.39 is 0 Å². The van der Waals surface area contributed by atoms with Gasteiger partial charge in [0.15, 0.2) is 0 Å². The molecule has 0 saturated heterocycles. The van der Waals surface area contributed by atoms with Crippen molar-refractivity contribution in [3.63, 3.8) is 0 Å². The summed E-state index contributed by atoms with van der Waals surface area (Å²) in [6, 6.07) is 61.8. The Morgan fingerprint density at radius 2 is 0.845 bits per heavy atom. The smallest absolute Gasteiger partial charge is 0.256 e. The topological polar surface area (TPSA) is 26.6 Å². The summed E-state index contributed by atoms with van der Waals surface area (Å²) >= 11 is 0. The molecule has 84 heavy (non-hydrogen) atoms. The monoisotopic (exact) mass is 1100 g/mol. The lowest BCUT2D eigenvalue weighted by molar-refractivity contribution is 0.475. The maximum absolute atomic E-state index is 7.95. The minimum absolute atomic E-state index is 0.0481. The Morgan fingerprint density at radius 3 is 1.39 bits per heavy atom. The lowest BCUT2D eigenvalue weighted by Crippen LogP contribution is -2.63. The molecule has 420 valence electrons. The van der Waals surface area contributed by atoms with E-state index in [0.717, 1.165) is 76.7 Å². The molecule has 0 N–H and O–H groups in total. The highest BCUT2D eigenvalue weighted by Gasteiger charge is 2.52. The van der Waals surface area contributed by atoms with E-state index in [4.69, 9.17) is 9.47 Å². The fourth-order valence-electron chi connectivity index (χ4n) is 14.4. The third-order valence-electron chi connectivity index (χ3n) is 20.4. The molecular formula is C78H80B2N2O2. The molecule has 5 heterocycles. The van der Waals surface area contributed by atoms with Gasteiger partial charge in [0.2, 0.25) is 0 Å². The Hall–Kier alpha value is -7.69. The molecule has 4 nitrogen and oxygen atoms in total. The highest BCUT2D eigenvalue weighted by molar-refractivity contribution is 7.02. The van der Waals surface area contributed by atoms with Gasteiger partial charge in [0.1, 0.15) is 23.0 Å². The zero-order valence-electron chi connectivity index (χ0n) is 52.0. The van der Waals surface area contributed by atoms with Gasteiger partial charge in [-0.15, -0.1) is 0 Å². The molecule has 14 rings (SSSR count). The predicted molar refractivity (Wildman–Crippen MR) is 361 cm³/mol. The van der Waals surface area contributed by atoms with Gasteiger partial charge in [-0.25, -0.2) is 0 Å². The number of ether oxygens (including phenoxy) is 2. The summed E-state index contributed by atoms with van der Waals surface area (Å²) < 4.78 is 18.5. The standard InChI is InChI=1S/C78H80B2N2O2/c1-15-45(5)49-23-33-59(34-24-49)81-67-36-26-53(47(7)17-3)41-62(67)79-63-42-54(50-19-29-57(30-20-50)77(9,10)11)27-37-68(63)84-76-70(79)73(81)75-71-74(76)82-66-35-25-52(46(6)16-2)39-60(66)61-40-56(48(8)18-4)44-65(72(61)82)80(71)64-43-55(28-38-69(64)83-75)51-21-31-58(32-22-51)78(12,13)14/h19-48H,15-18H2,1-14H3. The van der Waals surface area contributed by atoms with Crippen LogP contribution in [0.4, 0.5) is 17.1 Å². The molecule has 0 radical (unpaired) electrons. The minimum Gasteiger partial charge on any atom is -0.456 e. The molecule has 9 aromatic carbocycles. The number of hydrogen-bond donors (Lipinski definition) is 0. The van der Waals surface area contributed by atoms with E-state index >= 15 is 0 Å². The number of hydrogen-bond acceptors (Lipinski definition) is 3. The van der Waals surface area contributed by atoms with Gasteiger partial charge in [0.05, 0.1) is 16.9 Å². The maximum atomic E-state index is 7.95. The molecule has 0 amide bonds. The van der Waals surface area contributed by atoms with Gasteiger partial charge < -0.3 is 18.9 Å². The molecule has 4 aliphatic heterocycles. The maximum Gasteiger partial charge on any atom is 0.256 e.